The molecule has 4 nitrogen and oxygen atoms in total. The van der Waals surface area contributed by atoms with Gasteiger partial charge in [0.25, 0.3) is 5.22 Å². The van der Waals surface area contributed by atoms with E-state index in [1.165, 1.54) is 0 Å². The van der Waals surface area contributed by atoms with Gasteiger partial charge in [-0.15, -0.1) is 0 Å². The van der Waals surface area contributed by atoms with Gasteiger partial charge in [-0.1, -0.05) is 23.9 Å². The van der Waals surface area contributed by atoms with Crippen molar-refractivity contribution in [3.05, 3.63) is 48.4 Å². The van der Waals surface area contributed by atoms with E-state index in [1.54, 1.807) is 24.3 Å². The van der Waals surface area contributed by atoms with Gasteiger partial charge in [-0.2, -0.15) is 0 Å². The van der Waals surface area contributed by atoms with Crippen molar-refractivity contribution in [2.45, 2.75) is 11.8 Å². The first-order chi connectivity index (χ1) is 9.42. The second kappa shape index (κ2) is 5.95. The maximum absolute atomic E-state index is 5.63. The van der Waals surface area contributed by atoms with E-state index in [0.717, 1.165) is 40.7 Å². The SMILES string of the molecule is c1ccc2oc(SCCNCc3ccoc3)nc2c1. The fourth-order valence-corrected chi connectivity index (χ4v) is 2.48. The van der Waals surface area contributed by atoms with Crippen molar-refractivity contribution in [3.8, 4) is 0 Å². The molecule has 2 heterocycles. The normalized spacial score (nSPS) is 11.2. The molecule has 3 aromatic rings. The summed E-state index contributed by atoms with van der Waals surface area (Å²) in [7, 11) is 0. The second-order valence-electron chi connectivity index (χ2n) is 4.10. The van der Waals surface area contributed by atoms with Gasteiger partial charge in [-0.3, -0.25) is 0 Å². The number of thioether (sulfide) groups is 1. The molecule has 0 unspecified atom stereocenters. The molecule has 0 radical (unpaired) electrons. The maximum atomic E-state index is 5.63. The molecule has 2 aromatic heterocycles. The lowest BCUT2D eigenvalue weighted by Gasteiger charge is -2.00. The van der Waals surface area contributed by atoms with Crippen LogP contribution < -0.4 is 5.32 Å². The third-order valence-electron chi connectivity index (χ3n) is 2.69. The van der Waals surface area contributed by atoms with Gasteiger partial charge >= 0.3 is 0 Å². The molecule has 3 rings (SSSR count). The number of nitrogens with zero attached hydrogens (tertiary/aromatic N) is 1. The van der Waals surface area contributed by atoms with E-state index in [1.807, 2.05) is 30.3 Å². The van der Waals surface area contributed by atoms with Crippen LogP contribution in [-0.4, -0.2) is 17.3 Å². The summed E-state index contributed by atoms with van der Waals surface area (Å²) in [5, 5.41) is 4.07. The topological polar surface area (TPSA) is 51.2 Å². The van der Waals surface area contributed by atoms with Crippen LogP contribution in [0, 0.1) is 0 Å². The van der Waals surface area contributed by atoms with Crippen LogP contribution in [0.5, 0.6) is 0 Å². The summed E-state index contributed by atoms with van der Waals surface area (Å²) in [5.74, 6) is 0.921. The molecule has 0 atom stereocenters. The fraction of sp³-hybridized carbons (Fsp3) is 0.214. The van der Waals surface area contributed by atoms with Gasteiger partial charge in [0.2, 0.25) is 0 Å². The average molecular weight is 274 g/mol. The third-order valence-corrected chi connectivity index (χ3v) is 3.52. The van der Waals surface area contributed by atoms with E-state index in [-0.39, 0.29) is 0 Å². The minimum absolute atomic E-state index is 0.728. The zero-order valence-electron chi connectivity index (χ0n) is 10.3. The lowest BCUT2D eigenvalue weighted by atomic mass is 10.3. The molecule has 0 saturated carbocycles. The van der Waals surface area contributed by atoms with Crippen molar-refractivity contribution in [2.75, 3.05) is 12.3 Å². The van der Waals surface area contributed by atoms with Crippen LogP contribution in [0.1, 0.15) is 5.56 Å². The highest BCUT2D eigenvalue weighted by atomic mass is 32.2. The van der Waals surface area contributed by atoms with E-state index in [2.05, 4.69) is 10.3 Å². The molecule has 19 heavy (non-hydrogen) atoms. The summed E-state index contributed by atoms with van der Waals surface area (Å²) >= 11 is 1.62. The van der Waals surface area contributed by atoms with Crippen molar-refractivity contribution in [1.29, 1.82) is 0 Å². The Morgan fingerprint density at radius 3 is 3.00 bits per heavy atom. The molecule has 0 aliphatic heterocycles. The molecule has 1 N–H and O–H groups in total. The Hall–Kier alpha value is -1.72. The maximum Gasteiger partial charge on any atom is 0.256 e. The minimum atomic E-state index is 0.728. The Balaban J connectivity index is 1.44. The molecule has 0 aliphatic carbocycles. The van der Waals surface area contributed by atoms with Gasteiger partial charge in [-0.25, -0.2) is 4.98 Å². The Bertz CT molecular complexity index is 601. The van der Waals surface area contributed by atoms with E-state index in [9.17, 15) is 0 Å². The molecule has 0 spiro atoms. The molecular formula is C14H14N2O2S. The van der Waals surface area contributed by atoms with E-state index < -0.39 is 0 Å². The van der Waals surface area contributed by atoms with E-state index in [0.29, 0.717) is 0 Å². The van der Waals surface area contributed by atoms with Crippen LogP contribution in [0.15, 0.2) is 56.9 Å². The number of rotatable bonds is 6. The number of hydrogen-bond acceptors (Lipinski definition) is 5. The first-order valence-corrected chi connectivity index (χ1v) is 7.10. The summed E-state index contributed by atoms with van der Waals surface area (Å²) in [4.78, 5) is 4.41. The zero-order valence-corrected chi connectivity index (χ0v) is 11.2. The molecule has 0 saturated heterocycles. The number of para-hydroxylation sites is 2. The lowest BCUT2D eigenvalue weighted by molar-refractivity contribution is 0.489. The summed E-state index contributed by atoms with van der Waals surface area (Å²) in [6.07, 6.45) is 3.44. The largest absolute Gasteiger partial charge is 0.472 e. The van der Waals surface area contributed by atoms with Crippen molar-refractivity contribution in [2.24, 2.45) is 0 Å². The summed E-state index contributed by atoms with van der Waals surface area (Å²) < 4.78 is 10.6. The van der Waals surface area contributed by atoms with Gasteiger partial charge in [-0.05, 0) is 18.2 Å². The van der Waals surface area contributed by atoms with E-state index in [4.69, 9.17) is 8.83 Å². The number of oxazole rings is 1. The Morgan fingerprint density at radius 1 is 1.21 bits per heavy atom. The molecule has 5 heteroatoms. The van der Waals surface area contributed by atoms with Crippen LogP contribution in [0.4, 0.5) is 0 Å². The molecule has 0 amide bonds. The Morgan fingerprint density at radius 2 is 2.16 bits per heavy atom. The number of fused-ring (bicyclic) bond motifs is 1. The second-order valence-corrected chi connectivity index (χ2v) is 5.15. The molecule has 0 aliphatic rings. The third kappa shape index (κ3) is 3.19. The Kier molecular flexibility index (Phi) is 3.86. The molecule has 0 bridgehead atoms. The number of nitrogens with one attached hydrogen (secondary N) is 1. The highest BCUT2D eigenvalue weighted by Crippen LogP contribution is 2.22. The number of aromatic nitrogens is 1. The molecule has 1 aromatic carbocycles. The standard InChI is InChI=1S/C14H14N2O2S/c1-2-4-13-12(3-1)16-14(18-13)19-8-6-15-9-11-5-7-17-10-11/h1-5,7,10,15H,6,8-9H2. The highest BCUT2D eigenvalue weighted by Gasteiger charge is 2.04. The summed E-state index contributed by atoms with van der Waals surface area (Å²) in [6.45, 7) is 1.72. The Labute approximate surface area is 115 Å². The van der Waals surface area contributed by atoms with Gasteiger partial charge in [0.1, 0.15) is 5.52 Å². The fourth-order valence-electron chi connectivity index (χ4n) is 1.75. The highest BCUT2D eigenvalue weighted by molar-refractivity contribution is 7.99. The number of furan rings is 1. The van der Waals surface area contributed by atoms with Gasteiger partial charge in [0, 0.05) is 24.4 Å². The smallest absolute Gasteiger partial charge is 0.256 e. The van der Waals surface area contributed by atoms with Crippen LogP contribution in [0.3, 0.4) is 0 Å². The summed E-state index contributed by atoms with van der Waals surface area (Å²) in [6, 6.07) is 9.77. The van der Waals surface area contributed by atoms with Crippen molar-refractivity contribution >= 4 is 22.9 Å². The van der Waals surface area contributed by atoms with Crippen molar-refractivity contribution < 1.29 is 8.83 Å². The molecule has 98 valence electrons. The predicted molar refractivity (Wildman–Crippen MR) is 75.1 cm³/mol. The van der Waals surface area contributed by atoms with Crippen molar-refractivity contribution in [3.63, 3.8) is 0 Å². The number of benzene rings is 1. The van der Waals surface area contributed by atoms with Crippen LogP contribution in [0.2, 0.25) is 0 Å². The van der Waals surface area contributed by atoms with Crippen LogP contribution in [0.25, 0.3) is 11.1 Å². The van der Waals surface area contributed by atoms with Crippen LogP contribution in [-0.2, 0) is 6.54 Å². The lowest BCUT2D eigenvalue weighted by Crippen LogP contribution is -2.15. The summed E-state index contributed by atoms with van der Waals surface area (Å²) in [5.41, 5.74) is 2.92. The van der Waals surface area contributed by atoms with Crippen LogP contribution >= 0.6 is 11.8 Å². The minimum Gasteiger partial charge on any atom is -0.472 e. The quantitative estimate of drug-likeness (QED) is 0.552. The van der Waals surface area contributed by atoms with Gasteiger partial charge in [0.05, 0.1) is 12.5 Å². The first kappa shape index (κ1) is 12.3. The average Bonchev–Trinajstić information content (AvgIpc) is 3.06. The monoisotopic (exact) mass is 274 g/mol. The van der Waals surface area contributed by atoms with E-state index >= 15 is 0 Å². The van der Waals surface area contributed by atoms with Gasteiger partial charge in [0.15, 0.2) is 5.58 Å². The molecule has 0 fully saturated rings. The zero-order chi connectivity index (χ0) is 12.9. The predicted octanol–water partition coefficient (Wildman–Crippen LogP) is 3.30. The van der Waals surface area contributed by atoms with Gasteiger partial charge < -0.3 is 14.2 Å². The van der Waals surface area contributed by atoms with Crippen molar-refractivity contribution in [1.82, 2.24) is 10.3 Å². The first-order valence-electron chi connectivity index (χ1n) is 6.12. The number of hydrogen-bond donors (Lipinski definition) is 1. The molecular weight excluding hydrogens is 260 g/mol.